The van der Waals surface area contributed by atoms with Crippen LogP contribution in [0.25, 0.3) is 0 Å². The van der Waals surface area contributed by atoms with Crippen molar-refractivity contribution in [2.75, 3.05) is 13.1 Å². The molecule has 1 atom stereocenters. The maximum atomic E-state index is 13.0. The van der Waals surface area contributed by atoms with Crippen LogP contribution in [0.1, 0.15) is 27.2 Å². The molecule has 0 rings (SSSR count). The van der Waals surface area contributed by atoms with Crippen molar-refractivity contribution in [2.45, 2.75) is 51.2 Å². The van der Waals surface area contributed by atoms with Crippen molar-refractivity contribution in [3.63, 3.8) is 0 Å². The molecule has 0 spiro atoms. The SMILES string of the molecule is CCN(CC(CC(F)(F)F)([O][Sn])C(F)(F)F)C(C)C. The van der Waals surface area contributed by atoms with E-state index in [0.717, 1.165) is 0 Å². The Hall–Kier alpha value is 0.299. The van der Waals surface area contributed by atoms with E-state index in [2.05, 4.69) is 3.07 Å². The van der Waals surface area contributed by atoms with Gasteiger partial charge in [-0.2, -0.15) is 0 Å². The fourth-order valence-corrected chi connectivity index (χ4v) is 2.40. The predicted molar refractivity (Wildman–Crippen MR) is 58.7 cm³/mol. The van der Waals surface area contributed by atoms with Gasteiger partial charge in [0.25, 0.3) is 0 Å². The van der Waals surface area contributed by atoms with Gasteiger partial charge in [0.15, 0.2) is 0 Å². The summed E-state index contributed by atoms with van der Waals surface area (Å²) in [4.78, 5) is 1.31. The van der Waals surface area contributed by atoms with Crippen molar-refractivity contribution in [3.05, 3.63) is 0 Å². The molecule has 3 radical (unpaired) electrons. The van der Waals surface area contributed by atoms with E-state index in [1.165, 1.54) is 4.90 Å². The maximum absolute atomic E-state index is 13.0. The summed E-state index contributed by atoms with van der Waals surface area (Å²) < 4.78 is 80.8. The molecule has 2 nitrogen and oxygen atoms in total. The van der Waals surface area contributed by atoms with E-state index in [-0.39, 0.29) is 35.5 Å². The molecule has 0 aliphatic rings. The Morgan fingerprint density at radius 2 is 1.58 bits per heavy atom. The second kappa shape index (κ2) is 6.84. The number of rotatable bonds is 6. The number of hydrogen-bond donors (Lipinski definition) is 0. The monoisotopic (exact) mass is 400 g/mol. The van der Waals surface area contributed by atoms with Gasteiger partial charge in [-0.05, 0) is 0 Å². The first kappa shape index (κ1) is 19.3. The molecular formula is C10H16F6NOSn. The number of halogens is 6. The van der Waals surface area contributed by atoms with Crippen LogP contribution in [0, 0.1) is 0 Å². The van der Waals surface area contributed by atoms with E-state index in [1.807, 2.05) is 0 Å². The normalized spacial score (nSPS) is 17.1. The molecule has 19 heavy (non-hydrogen) atoms. The van der Waals surface area contributed by atoms with Gasteiger partial charge in [-0.25, -0.2) is 0 Å². The number of alkyl halides is 6. The molecule has 0 bridgehead atoms. The second-order valence-corrected chi connectivity index (χ2v) is 5.13. The fraction of sp³-hybridized carbons (Fsp3) is 1.00. The van der Waals surface area contributed by atoms with Crippen LogP contribution in [0.2, 0.25) is 0 Å². The molecule has 9 heteroatoms. The zero-order chi connectivity index (χ0) is 15.5. The second-order valence-electron chi connectivity index (χ2n) is 4.54. The van der Waals surface area contributed by atoms with Gasteiger partial charge in [-0.3, -0.25) is 0 Å². The first-order valence-electron chi connectivity index (χ1n) is 5.61. The molecule has 0 aromatic carbocycles. The standard InChI is InChI=1S/C10H16F6NO.Sn/c1-4-17(7(2)3)6-8(18,10(14,15)16)5-9(11,12)13;/h7H,4-6H2,1-3H3;/q-1;+1. The number of hydrogen-bond acceptors (Lipinski definition) is 2. The summed E-state index contributed by atoms with van der Waals surface area (Å²) in [5.74, 6) is 0. The van der Waals surface area contributed by atoms with Gasteiger partial charge in [0, 0.05) is 0 Å². The van der Waals surface area contributed by atoms with E-state index in [1.54, 1.807) is 20.8 Å². The minimum atomic E-state index is -5.08. The topological polar surface area (TPSA) is 12.5 Å². The van der Waals surface area contributed by atoms with Crippen LogP contribution in [0.5, 0.6) is 0 Å². The molecule has 0 amide bonds. The van der Waals surface area contributed by atoms with E-state index < -0.39 is 30.9 Å². The first-order chi connectivity index (χ1) is 8.38. The Bertz CT molecular complexity index is 280. The van der Waals surface area contributed by atoms with Crippen LogP contribution in [0.4, 0.5) is 26.3 Å². The summed E-state index contributed by atoms with van der Waals surface area (Å²) in [6, 6.07) is -0.300. The van der Waals surface area contributed by atoms with E-state index >= 15 is 0 Å². The number of likely N-dealkylation sites (N-methyl/N-ethyl adjacent to an activating group) is 1. The zero-order valence-corrected chi connectivity index (χ0v) is 13.7. The van der Waals surface area contributed by atoms with Crippen molar-refractivity contribution in [2.24, 2.45) is 0 Å². The molecule has 0 saturated carbocycles. The van der Waals surface area contributed by atoms with Gasteiger partial charge in [0.1, 0.15) is 0 Å². The van der Waals surface area contributed by atoms with Crippen LogP contribution in [-0.4, -0.2) is 64.9 Å². The molecule has 0 aliphatic carbocycles. The molecule has 0 heterocycles. The van der Waals surface area contributed by atoms with Crippen LogP contribution >= 0.6 is 0 Å². The minimum absolute atomic E-state index is 0.0414. The van der Waals surface area contributed by atoms with Crippen molar-refractivity contribution in [1.29, 1.82) is 0 Å². The van der Waals surface area contributed by atoms with Gasteiger partial charge >= 0.3 is 122 Å². The van der Waals surface area contributed by atoms with Gasteiger partial charge in [0.2, 0.25) is 0 Å². The van der Waals surface area contributed by atoms with Crippen LogP contribution in [0.15, 0.2) is 0 Å². The zero-order valence-electron chi connectivity index (χ0n) is 10.8. The fourth-order valence-electron chi connectivity index (χ4n) is 1.68. The van der Waals surface area contributed by atoms with Crippen molar-refractivity contribution >= 4 is 22.9 Å². The van der Waals surface area contributed by atoms with Crippen molar-refractivity contribution < 1.29 is 29.4 Å². The molecular weight excluding hydrogens is 383 g/mol. The molecule has 0 aromatic heterocycles. The molecule has 113 valence electrons. The molecule has 0 fully saturated rings. The van der Waals surface area contributed by atoms with Gasteiger partial charge in [-0.15, -0.1) is 0 Å². The molecule has 0 aliphatic heterocycles. The van der Waals surface area contributed by atoms with Gasteiger partial charge in [0.05, 0.1) is 0 Å². The van der Waals surface area contributed by atoms with Crippen molar-refractivity contribution in [3.8, 4) is 0 Å². The summed E-state index contributed by atoms with van der Waals surface area (Å²) in [7, 11) is 0. The van der Waals surface area contributed by atoms with Crippen LogP contribution in [0.3, 0.4) is 0 Å². The Balaban J connectivity index is 5.37. The molecule has 0 N–H and O–H groups in total. The van der Waals surface area contributed by atoms with E-state index in [4.69, 9.17) is 0 Å². The van der Waals surface area contributed by atoms with Gasteiger partial charge in [-0.1, -0.05) is 0 Å². The van der Waals surface area contributed by atoms with E-state index in [9.17, 15) is 26.3 Å². The Morgan fingerprint density at radius 3 is 1.79 bits per heavy atom. The summed E-state index contributed by atoms with van der Waals surface area (Å²) in [5, 5.41) is 0. The van der Waals surface area contributed by atoms with E-state index in [0.29, 0.717) is 0 Å². The van der Waals surface area contributed by atoms with Crippen molar-refractivity contribution in [1.82, 2.24) is 4.90 Å². The number of nitrogens with zero attached hydrogens (tertiary/aromatic N) is 1. The summed E-state index contributed by atoms with van der Waals surface area (Å²) in [6.07, 6.45) is -12.0. The summed E-state index contributed by atoms with van der Waals surface area (Å²) in [5.41, 5.74) is -3.19. The first-order valence-corrected chi connectivity index (χ1v) is 6.77. The molecule has 1 unspecified atom stereocenters. The Kier molecular flexibility index (Phi) is 6.95. The third-order valence-corrected chi connectivity index (χ3v) is 3.91. The van der Waals surface area contributed by atoms with Crippen LogP contribution in [-0.2, 0) is 3.07 Å². The average molecular weight is 399 g/mol. The summed E-state index contributed by atoms with van der Waals surface area (Å²) >= 11 is -0.0414. The average Bonchev–Trinajstić information content (AvgIpc) is 2.20. The Morgan fingerprint density at radius 1 is 1.11 bits per heavy atom. The summed E-state index contributed by atoms with van der Waals surface area (Å²) in [6.45, 7) is 4.24. The third kappa shape index (κ3) is 5.66. The van der Waals surface area contributed by atoms with Crippen LogP contribution < -0.4 is 0 Å². The molecule has 0 aromatic rings. The predicted octanol–water partition coefficient (Wildman–Crippen LogP) is 3.07. The molecule has 0 saturated heterocycles. The quantitative estimate of drug-likeness (QED) is 0.503. The van der Waals surface area contributed by atoms with Gasteiger partial charge < -0.3 is 0 Å². The Labute approximate surface area is 122 Å². The third-order valence-electron chi connectivity index (χ3n) is 2.79.